The fourth-order valence-corrected chi connectivity index (χ4v) is 4.16. The largest absolute Gasteiger partial charge is 0.489 e. The van der Waals surface area contributed by atoms with Crippen molar-refractivity contribution < 1.29 is 9.53 Å². The predicted molar refractivity (Wildman–Crippen MR) is 129 cm³/mol. The molecule has 2 heterocycles. The highest BCUT2D eigenvalue weighted by molar-refractivity contribution is 9.10. The number of halogens is 1. The molecule has 0 N–H and O–H groups in total. The van der Waals surface area contributed by atoms with E-state index in [4.69, 9.17) is 4.74 Å². The summed E-state index contributed by atoms with van der Waals surface area (Å²) in [6, 6.07) is 15.5. The SMILES string of the molecule is CCn1cc(CN2CCN(C(=O)c3cccc(COc4ccc(Br)cc4)c3)CC2)c(C)n1. The quantitative estimate of drug-likeness (QED) is 0.482. The van der Waals surface area contributed by atoms with Gasteiger partial charge in [-0.1, -0.05) is 28.1 Å². The topological polar surface area (TPSA) is 50.6 Å². The Kier molecular flexibility index (Phi) is 7.27. The molecule has 0 spiro atoms. The van der Waals surface area contributed by atoms with Crippen molar-refractivity contribution in [2.45, 2.75) is 33.5 Å². The Labute approximate surface area is 197 Å². The van der Waals surface area contributed by atoms with E-state index in [9.17, 15) is 4.79 Å². The van der Waals surface area contributed by atoms with E-state index in [0.717, 1.165) is 66.3 Å². The third-order valence-electron chi connectivity index (χ3n) is 5.82. The molecule has 0 radical (unpaired) electrons. The number of hydrogen-bond donors (Lipinski definition) is 0. The van der Waals surface area contributed by atoms with Gasteiger partial charge >= 0.3 is 0 Å². The first-order chi connectivity index (χ1) is 15.5. The molecular weight excluding hydrogens is 468 g/mol. The van der Waals surface area contributed by atoms with Crippen LogP contribution >= 0.6 is 15.9 Å². The molecule has 1 fully saturated rings. The Morgan fingerprint density at radius 2 is 1.84 bits per heavy atom. The second kappa shape index (κ2) is 10.3. The summed E-state index contributed by atoms with van der Waals surface area (Å²) in [5.41, 5.74) is 4.06. The maximum absolute atomic E-state index is 13.1. The van der Waals surface area contributed by atoms with Crippen molar-refractivity contribution >= 4 is 21.8 Å². The fraction of sp³-hybridized carbons (Fsp3) is 0.360. The van der Waals surface area contributed by atoms with Crippen LogP contribution in [0, 0.1) is 6.92 Å². The maximum atomic E-state index is 13.1. The number of ether oxygens (including phenoxy) is 1. The Morgan fingerprint density at radius 1 is 1.09 bits per heavy atom. The van der Waals surface area contributed by atoms with Gasteiger partial charge in [-0.05, 0) is 55.8 Å². The van der Waals surface area contributed by atoms with Crippen molar-refractivity contribution in [1.82, 2.24) is 19.6 Å². The standard InChI is InChI=1S/C25H29BrN4O2/c1-3-30-17-22(19(2)27-30)16-28-11-13-29(14-12-28)25(31)21-6-4-5-20(15-21)18-32-24-9-7-23(26)8-10-24/h4-10,15,17H,3,11-14,16,18H2,1-2H3. The lowest BCUT2D eigenvalue weighted by molar-refractivity contribution is 0.0628. The molecule has 0 aliphatic carbocycles. The zero-order valence-corrected chi connectivity index (χ0v) is 20.2. The van der Waals surface area contributed by atoms with E-state index in [-0.39, 0.29) is 5.91 Å². The van der Waals surface area contributed by atoms with E-state index in [1.165, 1.54) is 5.56 Å². The summed E-state index contributed by atoms with van der Waals surface area (Å²) in [6.07, 6.45) is 2.13. The van der Waals surface area contributed by atoms with Crippen LogP contribution in [0.25, 0.3) is 0 Å². The Bertz CT molecular complexity index is 1060. The zero-order chi connectivity index (χ0) is 22.5. The van der Waals surface area contributed by atoms with Gasteiger partial charge < -0.3 is 9.64 Å². The van der Waals surface area contributed by atoms with Crippen LogP contribution in [0.1, 0.15) is 34.1 Å². The van der Waals surface area contributed by atoms with Crippen LogP contribution < -0.4 is 4.74 Å². The van der Waals surface area contributed by atoms with Crippen molar-refractivity contribution in [2.75, 3.05) is 26.2 Å². The fourth-order valence-electron chi connectivity index (χ4n) is 3.90. The average molecular weight is 497 g/mol. The van der Waals surface area contributed by atoms with Gasteiger partial charge in [-0.3, -0.25) is 14.4 Å². The minimum absolute atomic E-state index is 0.0881. The maximum Gasteiger partial charge on any atom is 0.253 e. The highest BCUT2D eigenvalue weighted by Gasteiger charge is 2.23. The van der Waals surface area contributed by atoms with Crippen LogP contribution in [0.2, 0.25) is 0 Å². The third kappa shape index (κ3) is 5.58. The number of piperazine rings is 1. The lowest BCUT2D eigenvalue weighted by atomic mass is 10.1. The molecule has 1 aliphatic heterocycles. The number of carbonyl (C=O) groups excluding carboxylic acids is 1. The van der Waals surface area contributed by atoms with E-state index in [2.05, 4.69) is 46.0 Å². The molecule has 1 saturated heterocycles. The first-order valence-electron chi connectivity index (χ1n) is 11.0. The van der Waals surface area contributed by atoms with E-state index < -0.39 is 0 Å². The van der Waals surface area contributed by atoms with Gasteiger partial charge in [0.05, 0.1) is 5.69 Å². The van der Waals surface area contributed by atoms with Crippen molar-refractivity contribution in [3.63, 3.8) is 0 Å². The van der Waals surface area contributed by atoms with Gasteiger partial charge in [0.1, 0.15) is 12.4 Å². The molecular formula is C25H29BrN4O2. The molecule has 7 heteroatoms. The smallest absolute Gasteiger partial charge is 0.253 e. The van der Waals surface area contributed by atoms with E-state index in [1.807, 2.05) is 58.1 Å². The number of aromatic nitrogens is 2. The minimum Gasteiger partial charge on any atom is -0.489 e. The first kappa shape index (κ1) is 22.6. The molecule has 1 amide bonds. The molecule has 168 valence electrons. The van der Waals surface area contributed by atoms with Crippen LogP contribution in [-0.4, -0.2) is 51.7 Å². The zero-order valence-electron chi connectivity index (χ0n) is 18.6. The summed E-state index contributed by atoms with van der Waals surface area (Å²) >= 11 is 3.43. The van der Waals surface area contributed by atoms with Crippen LogP contribution in [0.4, 0.5) is 0 Å². The van der Waals surface area contributed by atoms with E-state index >= 15 is 0 Å². The molecule has 1 aromatic heterocycles. The molecule has 0 unspecified atom stereocenters. The lowest BCUT2D eigenvalue weighted by Crippen LogP contribution is -2.48. The van der Waals surface area contributed by atoms with Gasteiger partial charge in [0, 0.05) is 61.1 Å². The average Bonchev–Trinajstić information content (AvgIpc) is 3.18. The highest BCUT2D eigenvalue weighted by Crippen LogP contribution is 2.19. The molecule has 0 saturated carbocycles. The second-order valence-corrected chi connectivity index (χ2v) is 9.02. The Morgan fingerprint density at radius 3 is 2.53 bits per heavy atom. The number of amides is 1. The Hall–Kier alpha value is -2.64. The van der Waals surface area contributed by atoms with E-state index in [1.54, 1.807) is 0 Å². The molecule has 1 aliphatic rings. The monoisotopic (exact) mass is 496 g/mol. The number of hydrogen-bond acceptors (Lipinski definition) is 4. The summed E-state index contributed by atoms with van der Waals surface area (Å²) in [5, 5.41) is 4.54. The number of rotatable bonds is 7. The molecule has 6 nitrogen and oxygen atoms in total. The van der Waals surface area contributed by atoms with Crippen LogP contribution in [0.3, 0.4) is 0 Å². The number of carbonyl (C=O) groups is 1. The molecule has 32 heavy (non-hydrogen) atoms. The summed E-state index contributed by atoms with van der Waals surface area (Å²) in [5.74, 6) is 0.894. The summed E-state index contributed by atoms with van der Waals surface area (Å²) < 4.78 is 8.86. The predicted octanol–water partition coefficient (Wildman–Crippen LogP) is 4.51. The van der Waals surface area contributed by atoms with E-state index in [0.29, 0.717) is 6.61 Å². The third-order valence-corrected chi connectivity index (χ3v) is 6.35. The highest BCUT2D eigenvalue weighted by atomic mass is 79.9. The number of benzene rings is 2. The molecule has 4 rings (SSSR count). The van der Waals surface area contributed by atoms with Gasteiger partial charge in [0.25, 0.3) is 5.91 Å². The van der Waals surface area contributed by atoms with Crippen LogP contribution in [0.5, 0.6) is 5.75 Å². The molecule has 2 aromatic carbocycles. The van der Waals surface area contributed by atoms with Crippen LogP contribution in [0.15, 0.2) is 59.2 Å². The van der Waals surface area contributed by atoms with Crippen molar-refractivity contribution in [1.29, 1.82) is 0 Å². The van der Waals surface area contributed by atoms with Gasteiger partial charge in [-0.2, -0.15) is 5.10 Å². The first-order valence-corrected chi connectivity index (χ1v) is 11.8. The van der Waals surface area contributed by atoms with Gasteiger partial charge in [0.15, 0.2) is 0 Å². The summed E-state index contributed by atoms with van der Waals surface area (Å²) in [4.78, 5) is 17.4. The molecule has 0 atom stereocenters. The van der Waals surface area contributed by atoms with Crippen molar-refractivity contribution in [2.24, 2.45) is 0 Å². The summed E-state index contributed by atoms with van der Waals surface area (Å²) in [7, 11) is 0. The summed E-state index contributed by atoms with van der Waals surface area (Å²) in [6.45, 7) is 9.58. The minimum atomic E-state index is 0.0881. The number of aryl methyl sites for hydroxylation is 2. The van der Waals surface area contributed by atoms with Gasteiger partial charge in [-0.25, -0.2) is 0 Å². The lowest BCUT2D eigenvalue weighted by Gasteiger charge is -2.34. The normalized spacial score (nSPS) is 14.5. The molecule has 3 aromatic rings. The van der Waals surface area contributed by atoms with Crippen molar-refractivity contribution in [3.05, 3.63) is 81.6 Å². The van der Waals surface area contributed by atoms with Gasteiger partial charge in [-0.15, -0.1) is 0 Å². The van der Waals surface area contributed by atoms with Gasteiger partial charge in [0.2, 0.25) is 0 Å². The number of nitrogens with zero attached hydrogens (tertiary/aromatic N) is 4. The molecule has 0 bridgehead atoms. The second-order valence-electron chi connectivity index (χ2n) is 8.11. The van der Waals surface area contributed by atoms with Crippen molar-refractivity contribution in [3.8, 4) is 5.75 Å². The Balaban J connectivity index is 1.31. The van der Waals surface area contributed by atoms with Crippen LogP contribution in [-0.2, 0) is 19.7 Å².